The topological polar surface area (TPSA) is 58.6 Å². The Morgan fingerprint density at radius 1 is 1.47 bits per heavy atom. The molecule has 19 heavy (non-hydrogen) atoms. The van der Waals surface area contributed by atoms with Crippen LogP contribution in [-0.2, 0) is 0 Å². The molecule has 104 valence electrons. The third-order valence-corrected chi connectivity index (χ3v) is 4.28. The smallest absolute Gasteiger partial charge is 0.337 e. The molecule has 1 aromatic rings. The number of ether oxygens (including phenoxy) is 1. The molecule has 0 radical (unpaired) electrons. The Morgan fingerprint density at radius 2 is 2.21 bits per heavy atom. The fourth-order valence-corrected chi connectivity index (χ4v) is 2.60. The van der Waals surface area contributed by atoms with E-state index in [1.165, 1.54) is 19.3 Å². The molecule has 2 N–H and O–H groups in total. The zero-order valence-electron chi connectivity index (χ0n) is 11.5. The van der Waals surface area contributed by atoms with Gasteiger partial charge in [-0.2, -0.15) is 0 Å². The Kier molecular flexibility index (Phi) is 3.98. The number of anilines is 1. The molecular weight excluding hydrogens is 242 g/mol. The van der Waals surface area contributed by atoms with E-state index in [9.17, 15) is 9.90 Å². The summed E-state index contributed by atoms with van der Waals surface area (Å²) in [4.78, 5) is 11.2. The molecule has 0 atom stereocenters. The van der Waals surface area contributed by atoms with Crippen LogP contribution in [0.25, 0.3) is 0 Å². The number of rotatable bonds is 6. The number of nitrogens with one attached hydrogen (secondary N) is 1. The molecule has 1 fully saturated rings. The summed E-state index contributed by atoms with van der Waals surface area (Å²) in [7, 11) is 1.58. The minimum absolute atomic E-state index is 0.298. The molecule has 1 aliphatic carbocycles. The van der Waals surface area contributed by atoms with Crippen molar-refractivity contribution in [3.8, 4) is 5.75 Å². The summed E-state index contributed by atoms with van der Waals surface area (Å²) in [5, 5.41) is 12.5. The third-order valence-electron chi connectivity index (χ3n) is 4.28. The number of aromatic carboxylic acids is 1. The highest BCUT2D eigenvalue weighted by molar-refractivity contribution is 5.94. The van der Waals surface area contributed by atoms with E-state index in [0.29, 0.717) is 22.4 Å². The lowest BCUT2D eigenvalue weighted by molar-refractivity contribution is 0.0697. The van der Waals surface area contributed by atoms with E-state index >= 15 is 0 Å². The molecule has 0 aliphatic heterocycles. The highest BCUT2D eigenvalue weighted by atomic mass is 16.5. The molecular formula is C15H21NO3. The average molecular weight is 263 g/mol. The van der Waals surface area contributed by atoms with Gasteiger partial charge in [0, 0.05) is 12.6 Å². The Morgan fingerprint density at radius 3 is 2.68 bits per heavy atom. The summed E-state index contributed by atoms with van der Waals surface area (Å²) < 4.78 is 5.16. The van der Waals surface area contributed by atoms with Gasteiger partial charge in [-0.3, -0.25) is 0 Å². The van der Waals surface area contributed by atoms with Crippen LogP contribution in [0.1, 0.15) is 43.0 Å². The lowest BCUT2D eigenvalue weighted by Crippen LogP contribution is -2.36. The molecule has 0 spiro atoms. The summed E-state index contributed by atoms with van der Waals surface area (Å²) in [5.74, 6) is -0.240. The van der Waals surface area contributed by atoms with Crippen molar-refractivity contribution in [1.29, 1.82) is 0 Å². The second-order valence-corrected chi connectivity index (χ2v) is 5.28. The van der Waals surface area contributed by atoms with E-state index in [1.54, 1.807) is 25.3 Å². The Hall–Kier alpha value is -1.71. The van der Waals surface area contributed by atoms with E-state index in [4.69, 9.17) is 4.74 Å². The van der Waals surface area contributed by atoms with Crippen molar-refractivity contribution in [2.45, 2.75) is 32.6 Å². The lowest BCUT2D eigenvalue weighted by Gasteiger charge is -2.41. The quantitative estimate of drug-likeness (QED) is 0.826. The molecule has 0 aromatic heterocycles. The molecule has 0 unspecified atom stereocenters. The average Bonchev–Trinajstić information content (AvgIpc) is 2.37. The Bertz CT molecular complexity index is 461. The first kappa shape index (κ1) is 13.7. The molecule has 4 heteroatoms. The second kappa shape index (κ2) is 5.51. The van der Waals surface area contributed by atoms with Crippen LogP contribution in [0.15, 0.2) is 18.2 Å². The summed E-state index contributed by atoms with van der Waals surface area (Å²) in [6.07, 6.45) is 4.86. The number of hydrogen-bond acceptors (Lipinski definition) is 3. The van der Waals surface area contributed by atoms with Crippen molar-refractivity contribution in [1.82, 2.24) is 0 Å². The molecule has 2 rings (SSSR count). The van der Waals surface area contributed by atoms with Crippen LogP contribution >= 0.6 is 0 Å². The van der Waals surface area contributed by atoms with E-state index in [2.05, 4.69) is 12.2 Å². The van der Waals surface area contributed by atoms with E-state index in [1.807, 2.05) is 0 Å². The minimum atomic E-state index is -0.913. The van der Waals surface area contributed by atoms with E-state index in [0.717, 1.165) is 13.0 Å². The zero-order chi connectivity index (χ0) is 13.9. The van der Waals surface area contributed by atoms with Gasteiger partial charge in [0.15, 0.2) is 0 Å². The van der Waals surface area contributed by atoms with Gasteiger partial charge in [-0.1, -0.05) is 13.3 Å². The summed E-state index contributed by atoms with van der Waals surface area (Å²) in [6, 6.07) is 5.02. The molecule has 1 aliphatic rings. The van der Waals surface area contributed by atoms with Gasteiger partial charge in [-0.25, -0.2) is 4.79 Å². The van der Waals surface area contributed by atoms with Gasteiger partial charge >= 0.3 is 5.97 Å². The summed E-state index contributed by atoms with van der Waals surface area (Å²) in [6.45, 7) is 3.03. The molecule has 1 aromatic carbocycles. The standard InChI is InChI=1S/C15H21NO3/c1-3-15(7-4-8-15)10-16-13-9-11(19-2)5-6-12(13)14(17)18/h5-6,9,16H,3-4,7-8,10H2,1-2H3,(H,17,18). The minimum Gasteiger partial charge on any atom is -0.497 e. The number of carbonyl (C=O) groups is 1. The number of hydrogen-bond donors (Lipinski definition) is 2. The molecule has 1 saturated carbocycles. The number of carboxylic acid groups (broad SMARTS) is 1. The van der Waals surface area contributed by atoms with Gasteiger partial charge in [0.25, 0.3) is 0 Å². The van der Waals surface area contributed by atoms with Crippen molar-refractivity contribution >= 4 is 11.7 Å². The van der Waals surface area contributed by atoms with Crippen LogP contribution < -0.4 is 10.1 Å². The normalized spacial score (nSPS) is 16.5. The highest BCUT2D eigenvalue weighted by Gasteiger charge is 2.34. The van der Waals surface area contributed by atoms with Gasteiger partial charge in [0.1, 0.15) is 5.75 Å². The summed E-state index contributed by atoms with van der Waals surface area (Å²) >= 11 is 0. The van der Waals surface area contributed by atoms with E-state index in [-0.39, 0.29) is 0 Å². The Labute approximate surface area is 113 Å². The van der Waals surface area contributed by atoms with Crippen LogP contribution in [0.3, 0.4) is 0 Å². The molecule has 0 bridgehead atoms. The second-order valence-electron chi connectivity index (χ2n) is 5.28. The highest BCUT2D eigenvalue weighted by Crippen LogP contribution is 2.43. The van der Waals surface area contributed by atoms with Crippen molar-refractivity contribution < 1.29 is 14.6 Å². The monoisotopic (exact) mass is 263 g/mol. The number of methoxy groups -OCH3 is 1. The molecule has 0 amide bonds. The zero-order valence-corrected chi connectivity index (χ0v) is 11.5. The van der Waals surface area contributed by atoms with Crippen LogP contribution in [0.2, 0.25) is 0 Å². The third kappa shape index (κ3) is 2.83. The maximum Gasteiger partial charge on any atom is 0.337 e. The van der Waals surface area contributed by atoms with Crippen LogP contribution in [0, 0.1) is 5.41 Å². The van der Waals surface area contributed by atoms with Crippen LogP contribution in [0.5, 0.6) is 5.75 Å². The largest absolute Gasteiger partial charge is 0.497 e. The van der Waals surface area contributed by atoms with Crippen molar-refractivity contribution in [2.24, 2.45) is 5.41 Å². The van der Waals surface area contributed by atoms with Gasteiger partial charge in [0.2, 0.25) is 0 Å². The van der Waals surface area contributed by atoms with Crippen molar-refractivity contribution in [3.63, 3.8) is 0 Å². The number of carboxylic acids is 1. The maximum atomic E-state index is 11.2. The predicted octanol–water partition coefficient (Wildman–Crippen LogP) is 3.39. The molecule has 0 heterocycles. The maximum absolute atomic E-state index is 11.2. The van der Waals surface area contributed by atoms with Gasteiger partial charge in [0.05, 0.1) is 18.4 Å². The lowest BCUT2D eigenvalue weighted by atomic mass is 9.67. The first-order valence-corrected chi connectivity index (χ1v) is 6.75. The fourth-order valence-electron chi connectivity index (χ4n) is 2.60. The molecule has 4 nitrogen and oxygen atoms in total. The van der Waals surface area contributed by atoms with E-state index < -0.39 is 5.97 Å². The Balaban J connectivity index is 2.15. The van der Waals surface area contributed by atoms with Gasteiger partial charge in [-0.05, 0) is 36.8 Å². The van der Waals surface area contributed by atoms with Crippen molar-refractivity contribution in [3.05, 3.63) is 23.8 Å². The number of benzene rings is 1. The van der Waals surface area contributed by atoms with Gasteiger partial charge < -0.3 is 15.2 Å². The fraction of sp³-hybridized carbons (Fsp3) is 0.533. The van der Waals surface area contributed by atoms with Crippen LogP contribution in [0.4, 0.5) is 5.69 Å². The predicted molar refractivity (Wildman–Crippen MR) is 75.0 cm³/mol. The molecule has 0 saturated heterocycles. The van der Waals surface area contributed by atoms with Crippen LogP contribution in [-0.4, -0.2) is 24.7 Å². The van der Waals surface area contributed by atoms with Crippen molar-refractivity contribution in [2.75, 3.05) is 19.0 Å². The van der Waals surface area contributed by atoms with Gasteiger partial charge in [-0.15, -0.1) is 0 Å². The first-order valence-electron chi connectivity index (χ1n) is 6.75. The first-order chi connectivity index (χ1) is 9.10. The SMILES string of the molecule is CCC1(CNc2cc(OC)ccc2C(=O)O)CCC1. The summed E-state index contributed by atoms with van der Waals surface area (Å²) in [5.41, 5.74) is 1.29.